The van der Waals surface area contributed by atoms with Crippen molar-refractivity contribution >= 4 is 5.91 Å². The highest BCUT2D eigenvalue weighted by Crippen LogP contribution is 1.90. The van der Waals surface area contributed by atoms with Gasteiger partial charge in [-0.1, -0.05) is 18.2 Å². The topological polar surface area (TPSA) is 29.1 Å². The summed E-state index contributed by atoms with van der Waals surface area (Å²) in [6, 6.07) is 0. The van der Waals surface area contributed by atoms with Crippen LogP contribution in [0.25, 0.3) is 0 Å². The fourth-order valence-corrected chi connectivity index (χ4v) is 0.628. The molecule has 0 aromatic carbocycles. The lowest BCUT2D eigenvalue weighted by atomic mass is 10.3. The number of carbonyl (C=O) groups is 1. The van der Waals surface area contributed by atoms with Crippen molar-refractivity contribution in [2.24, 2.45) is 0 Å². The summed E-state index contributed by atoms with van der Waals surface area (Å²) in [6.07, 6.45) is 4.26. The van der Waals surface area contributed by atoms with Gasteiger partial charge in [-0.2, -0.15) is 0 Å². The Balaban J connectivity index is 3.35. The van der Waals surface area contributed by atoms with E-state index in [9.17, 15) is 4.79 Å². The Morgan fingerprint density at radius 1 is 1.55 bits per heavy atom. The molecule has 0 aliphatic heterocycles. The molecule has 0 spiro atoms. The van der Waals surface area contributed by atoms with E-state index in [4.69, 9.17) is 0 Å². The Morgan fingerprint density at radius 3 is 2.64 bits per heavy atom. The lowest BCUT2D eigenvalue weighted by Gasteiger charge is -1.97. The van der Waals surface area contributed by atoms with E-state index >= 15 is 0 Å². The maximum Gasteiger partial charge on any atom is 0.243 e. The van der Waals surface area contributed by atoms with Gasteiger partial charge >= 0.3 is 0 Å². The summed E-state index contributed by atoms with van der Waals surface area (Å²) in [7, 11) is 0. The third-order valence-corrected chi connectivity index (χ3v) is 1.18. The zero-order valence-electron chi connectivity index (χ0n) is 7.18. The minimum absolute atomic E-state index is 0.104. The van der Waals surface area contributed by atoms with Crippen molar-refractivity contribution in [3.63, 3.8) is 0 Å². The Morgan fingerprint density at radius 2 is 2.18 bits per heavy atom. The van der Waals surface area contributed by atoms with Crippen LogP contribution in [0.1, 0.15) is 20.3 Å². The van der Waals surface area contributed by atoms with Gasteiger partial charge in [0.15, 0.2) is 0 Å². The predicted molar refractivity (Wildman–Crippen MR) is 47.3 cm³/mol. The Labute approximate surface area is 68.0 Å². The molecule has 0 atom stereocenters. The van der Waals surface area contributed by atoms with Gasteiger partial charge in [0.25, 0.3) is 0 Å². The molecule has 0 radical (unpaired) electrons. The lowest BCUT2D eigenvalue weighted by Crippen LogP contribution is -2.21. The number of rotatable bonds is 4. The second kappa shape index (κ2) is 5.71. The zero-order chi connectivity index (χ0) is 8.69. The minimum atomic E-state index is -0.104. The van der Waals surface area contributed by atoms with Crippen LogP contribution in [-0.2, 0) is 4.79 Å². The second-order valence-electron chi connectivity index (χ2n) is 2.57. The Bertz CT molecular complexity index is 166. The zero-order valence-corrected chi connectivity index (χ0v) is 7.18. The molecule has 2 nitrogen and oxygen atoms in total. The molecule has 0 saturated carbocycles. The third kappa shape index (κ3) is 6.84. The van der Waals surface area contributed by atoms with Crippen molar-refractivity contribution in [1.29, 1.82) is 0 Å². The van der Waals surface area contributed by atoms with Crippen LogP contribution in [0, 0.1) is 0 Å². The molecule has 2 heteroatoms. The summed E-state index contributed by atoms with van der Waals surface area (Å²) in [5.74, 6) is -0.104. The first kappa shape index (κ1) is 9.95. The number of allylic oxidation sites excluding steroid dienone is 1. The summed E-state index contributed by atoms with van der Waals surface area (Å²) >= 11 is 0. The van der Waals surface area contributed by atoms with E-state index in [2.05, 4.69) is 18.0 Å². The van der Waals surface area contributed by atoms with Crippen LogP contribution in [0.5, 0.6) is 0 Å². The molecule has 1 N–H and O–H groups in total. The van der Waals surface area contributed by atoms with Gasteiger partial charge in [0, 0.05) is 6.54 Å². The minimum Gasteiger partial charge on any atom is -0.352 e. The van der Waals surface area contributed by atoms with Gasteiger partial charge in [0.2, 0.25) is 5.91 Å². The monoisotopic (exact) mass is 153 g/mol. The van der Waals surface area contributed by atoms with E-state index in [1.807, 2.05) is 13.8 Å². The molecule has 0 aliphatic rings. The van der Waals surface area contributed by atoms with Crippen molar-refractivity contribution in [3.8, 4) is 0 Å². The van der Waals surface area contributed by atoms with Gasteiger partial charge in [0.05, 0.1) is 0 Å². The molecule has 0 saturated heterocycles. The maximum atomic E-state index is 10.6. The molecular weight excluding hydrogens is 138 g/mol. The highest BCUT2D eigenvalue weighted by Gasteiger charge is 1.89. The van der Waals surface area contributed by atoms with Crippen LogP contribution in [0.3, 0.4) is 0 Å². The van der Waals surface area contributed by atoms with Gasteiger partial charge in [0.1, 0.15) is 0 Å². The van der Waals surface area contributed by atoms with Crippen LogP contribution < -0.4 is 5.32 Å². The SMILES string of the molecule is C=CC(=O)NCCC=C(C)C. The van der Waals surface area contributed by atoms with Crippen LogP contribution in [0.4, 0.5) is 0 Å². The number of hydrogen-bond acceptors (Lipinski definition) is 1. The smallest absolute Gasteiger partial charge is 0.243 e. The van der Waals surface area contributed by atoms with Crippen molar-refractivity contribution in [1.82, 2.24) is 5.32 Å². The first-order valence-electron chi connectivity index (χ1n) is 3.70. The Hall–Kier alpha value is -1.05. The molecular formula is C9H15NO. The fourth-order valence-electron chi connectivity index (χ4n) is 0.628. The standard InChI is InChI=1S/C9H15NO/c1-4-9(11)10-7-5-6-8(2)3/h4,6H,1,5,7H2,2-3H3,(H,10,11). The predicted octanol–water partition coefficient (Wildman–Crippen LogP) is 1.64. The summed E-state index contributed by atoms with van der Waals surface area (Å²) in [6.45, 7) is 8.11. The number of nitrogens with one attached hydrogen (secondary N) is 1. The first-order valence-corrected chi connectivity index (χ1v) is 3.70. The van der Waals surface area contributed by atoms with Gasteiger partial charge in [-0.25, -0.2) is 0 Å². The molecule has 0 bridgehead atoms. The lowest BCUT2D eigenvalue weighted by molar-refractivity contribution is -0.116. The van der Waals surface area contributed by atoms with Gasteiger partial charge < -0.3 is 5.32 Å². The largest absolute Gasteiger partial charge is 0.352 e. The molecule has 0 aromatic rings. The van der Waals surface area contributed by atoms with Gasteiger partial charge in [-0.3, -0.25) is 4.79 Å². The van der Waals surface area contributed by atoms with Crippen LogP contribution in [-0.4, -0.2) is 12.5 Å². The molecule has 0 rings (SSSR count). The van der Waals surface area contributed by atoms with Crippen molar-refractivity contribution in [2.45, 2.75) is 20.3 Å². The fraction of sp³-hybridized carbons (Fsp3) is 0.444. The van der Waals surface area contributed by atoms with Crippen molar-refractivity contribution < 1.29 is 4.79 Å². The molecule has 62 valence electrons. The normalized spacial score (nSPS) is 8.55. The summed E-state index contributed by atoms with van der Waals surface area (Å²) in [5, 5.41) is 2.69. The first-order chi connectivity index (χ1) is 5.16. The highest BCUT2D eigenvalue weighted by atomic mass is 16.1. The molecule has 0 unspecified atom stereocenters. The molecule has 11 heavy (non-hydrogen) atoms. The molecule has 1 amide bonds. The molecule has 0 heterocycles. The summed E-state index contributed by atoms with van der Waals surface area (Å²) in [4.78, 5) is 10.6. The maximum absolute atomic E-state index is 10.6. The summed E-state index contributed by atoms with van der Waals surface area (Å²) in [5.41, 5.74) is 1.28. The van der Waals surface area contributed by atoms with E-state index < -0.39 is 0 Å². The van der Waals surface area contributed by atoms with Gasteiger partial charge in [-0.05, 0) is 26.3 Å². The van der Waals surface area contributed by atoms with Crippen LogP contribution >= 0.6 is 0 Å². The van der Waals surface area contributed by atoms with E-state index in [1.54, 1.807) is 0 Å². The average Bonchev–Trinajstić information content (AvgIpc) is 1.97. The average molecular weight is 153 g/mol. The molecule has 0 aliphatic carbocycles. The van der Waals surface area contributed by atoms with Crippen LogP contribution in [0.15, 0.2) is 24.3 Å². The summed E-state index contributed by atoms with van der Waals surface area (Å²) < 4.78 is 0. The highest BCUT2D eigenvalue weighted by molar-refractivity contribution is 5.86. The molecule has 0 fully saturated rings. The van der Waals surface area contributed by atoms with E-state index in [0.717, 1.165) is 6.42 Å². The van der Waals surface area contributed by atoms with E-state index in [-0.39, 0.29) is 5.91 Å². The molecule has 0 aromatic heterocycles. The third-order valence-electron chi connectivity index (χ3n) is 1.18. The van der Waals surface area contributed by atoms with Crippen molar-refractivity contribution in [3.05, 3.63) is 24.3 Å². The van der Waals surface area contributed by atoms with Crippen LogP contribution in [0.2, 0.25) is 0 Å². The van der Waals surface area contributed by atoms with Gasteiger partial charge in [-0.15, -0.1) is 0 Å². The number of carbonyl (C=O) groups excluding carboxylic acids is 1. The van der Waals surface area contributed by atoms with E-state index in [0.29, 0.717) is 6.54 Å². The van der Waals surface area contributed by atoms with Crippen molar-refractivity contribution in [2.75, 3.05) is 6.54 Å². The Kier molecular flexibility index (Phi) is 5.17. The second-order valence-corrected chi connectivity index (χ2v) is 2.57. The number of amides is 1. The quantitative estimate of drug-likeness (QED) is 0.371. The number of hydrogen-bond donors (Lipinski definition) is 1. The van der Waals surface area contributed by atoms with E-state index in [1.165, 1.54) is 11.6 Å².